The number of amides is 2. The van der Waals surface area contributed by atoms with Crippen molar-refractivity contribution in [1.82, 2.24) is 4.90 Å². The number of hydrogen-bond acceptors (Lipinski definition) is 3. The molecule has 2 amide bonds. The first-order chi connectivity index (χ1) is 12.6. The Morgan fingerprint density at radius 3 is 2.00 bits per heavy atom. The van der Waals surface area contributed by atoms with Gasteiger partial charge in [-0.2, -0.15) is 0 Å². The molecule has 0 saturated carbocycles. The average molecular weight is 349 g/mol. The van der Waals surface area contributed by atoms with Crippen molar-refractivity contribution in [2.24, 2.45) is 17.6 Å². The van der Waals surface area contributed by atoms with E-state index in [9.17, 15) is 9.59 Å². The van der Waals surface area contributed by atoms with Crippen molar-refractivity contribution in [3.8, 4) is 11.1 Å². The van der Waals surface area contributed by atoms with Crippen LogP contribution in [0.4, 0.5) is 5.69 Å². The third-order valence-electron chi connectivity index (χ3n) is 5.65. The van der Waals surface area contributed by atoms with Crippen LogP contribution in [0.25, 0.3) is 11.1 Å². The maximum Gasteiger partial charge on any atom is 0.248 e. The number of nitrogens with zero attached hydrogens (tertiary/aromatic N) is 1. The van der Waals surface area contributed by atoms with E-state index in [0.717, 1.165) is 49.3 Å². The van der Waals surface area contributed by atoms with Gasteiger partial charge >= 0.3 is 0 Å². The van der Waals surface area contributed by atoms with Crippen LogP contribution in [0.2, 0.25) is 0 Å². The number of fused-ring (bicyclic) bond motifs is 3. The van der Waals surface area contributed by atoms with E-state index in [1.807, 2.05) is 36.4 Å². The van der Waals surface area contributed by atoms with Crippen molar-refractivity contribution in [2.75, 3.05) is 25.0 Å². The molecule has 5 nitrogen and oxygen atoms in total. The van der Waals surface area contributed by atoms with E-state index in [1.54, 1.807) is 12.1 Å². The van der Waals surface area contributed by atoms with E-state index in [-0.39, 0.29) is 11.8 Å². The molecule has 3 aliphatic heterocycles. The molecule has 5 rings (SSSR count). The fourth-order valence-electron chi connectivity index (χ4n) is 4.07. The number of rotatable bonds is 4. The van der Waals surface area contributed by atoms with Crippen LogP contribution in [0, 0.1) is 11.8 Å². The summed E-state index contributed by atoms with van der Waals surface area (Å²) in [7, 11) is 0. The third-order valence-corrected chi connectivity index (χ3v) is 5.65. The molecule has 3 N–H and O–H groups in total. The van der Waals surface area contributed by atoms with Gasteiger partial charge in [0.05, 0.1) is 5.92 Å². The summed E-state index contributed by atoms with van der Waals surface area (Å²) < 4.78 is 0. The standard InChI is InChI=1S/C21H23N3O2/c22-20(25)17-3-1-14(2-4-17)15-5-7-18(8-6-15)23-21(26)19-13-24-11-9-16(19)10-12-24/h1-8,16,19H,9-13H2,(H2,22,25)(H,23,26). The normalized spacial score (nSPS) is 24.2. The largest absolute Gasteiger partial charge is 0.366 e. The molecule has 0 radical (unpaired) electrons. The first-order valence-corrected chi connectivity index (χ1v) is 9.14. The van der Waals surface area contributed by atoms with Crippen LogP contribution in [0.5, 0.6) is 0 Å². The van der Waals surface area contributed by atoms with E-state index < -0.39 is 5.91 Å². The van der Waals surface area contributed by atoms with Crippen molar-refractivity contribution in [2.45, 2.75) is 12.8 Å². The first kappa shape index (κ1) is 16.8. The predicted octanol–water partition coefficient (Wildman–Crippen LogP) is 2.73. The van der Waals surface area contributed by atoms with Crippen LogP contribution in [-0.4, -0.2) is 36.3 Å². The lowest BCUT2D eigenvalue weighted by molar-refractivity contribution is -0.125. The molecule has 3 fully saturated rings. The highest BCUT2D eigenvalue weighted by Gasteiger charge is 2.38. The van der Waals surface area contributed by atoms with Crippen LogP contribution in [0.15, 0.2) is 48.5 Å². The summed E-state index contributed by atoms with van der Waals surface area (Å²) in [6, 6.07) is 15.0. The van der Waals surface area contributed by atoms with Gasteiger partial charge in [0.15, 0.2) is 0 Å². The molecule has 3 heterocycles. The second kappa shape index (κ2) is 6.92. The van der Waals surface area contributed by atoms with Gasteiger partial charge in [0.1, 0.15) is 0 Å². The second-order valence-corrected chi connectivity index (χ2v) is 7.25. The van der Waals surface area contributed by atoms with Gasteiger partial charge < -0.3 is 16.0 Å². The van der Waals surface area contributed by atoms with Crippen molar-refractivity contribution in [1.29, 1.82) is 0 Å². The van der Waals surface area contributed by atoms with Gasteiger partial charge in [-0.15, -0.1) is 0 Å². The van der Waals surface area contributed by atoms with Crippen molar-refractivity contribution < 1.29 is 9.59 Å². The van der Waals surface area contributed by atoms with Gasteiger partial charge in [-0.3, -0.25) is 9.59 Å². The summed E-state index contributed by atoms with van der Waals surface area (Å²) in [5, 5.41) is 3.07. The van der Waals surface area contributed by atoms with E-state index in [0.29, 0.717) is 11.5 Å². The van der Waals surface area contributed by atoms with E-state index in [4.69, 9.17) is 5.73 Å². The molecule has 1 atom stereocenters. The quantitative estimate of drug-likeness (QED) is 0.891. The molecule has 0 aromatic heterocycles. The topological polar surface area (TPSA) is 75.4 Å². The van der Waals surface area contributed by atoms with Crippen molar-refractivity contribution >= 4 is 17.5 Å². The maximum atomic E-state index is 12.6. The molecule has 0 aliphatic carbocycles. The molecule has 2 aromatic rings. The minimum Gasteiger partial charge on any atom is -0.366 e. The number of hydrogen-bond donors (Lipinski definition) is 2. The summed E-state index contributed by atoms with van der Waals surface area (Å²) in [6.45, 7) is 3.16. The Balaban J connectivity index is 1.43. The lowest BCUT2D eigenvalue weighted by atomic mass is 9.78. The zero-order valence-corrected chi connectivity index (χ0v) is 14.7. The monoisotopic (exact) mass is 349 g/mol. The Hall–Kier alpha value is -2.66. The highest BCUT2D eigenvalue weighted by molar-refractivity contribution is 5.94. The minimum atomic E-state index is -0.428. The van der Waals surface area contributed by atoms with Gasteiger partial charge in [-0.05, 0) is 67.2 Å². The third kappa shape index (κ3) is 3.35. The number of anilines is 1. The predicted molar refractivity (Wildman–Crippen MR) is 102 cm³/mol. The molecular weight excluding hydrogens is 326 g/mol. The van der Waals surface area contributed by atoms with Crippen LogP contribution in [-0.2, 0) is 4.79 Å². The van der Waals surface area contributed by atoms with Gasteiger partial charge in [-0.25, -0.2) is 0 Å². The van der Waals surface area contributed by atoms with Crippen molar-refractivity contribution in [3.05, 3.63) is 54.1 Å². The minimum absolute atomic E-state index is 0.110. The fraction of sp³-hybridized carbons (Fsp3) is 0.333. The Morgan fingerprint density at radius 1 is 0.923 bits per heavy atom. The number of carbonyl (C=O) groups excluding carboxylic acids is 2. The molecule has 2 bridgehead atoms. The summed E-state index contributed by atoms with van der Waals surface area (Å²) >= 11 is 0. The van der Waals surface area contributed by atoms with Crippen LogP contribution in [0.3, 0.4) is 0 Å². The first-order valence-electron chi connectivity index (χ1n) is 9.14. The van der Waals surface area contributed by atoms with Gasteiger partial charge in [0.2, 0.25) is 11.8 Å². The molecule has 5 heteroatoms. The molecule has 3 aliphatic rings. The number of primary amides is 1. The molecule has 26 heavy (non-hydrogen) atoms. The zero-order valence-electron chi connectivity index (χ0n) is 14.7. The number of benzene rings is 2. The Bertz CT molecular complexity index is 806. The van der Waals surface area contributed by atoms with Crippen LogP contribution < -0.4 is 11.1 Å². The molecule has 3 saturated heterocycles. The molecular formula is C21H23N3O2. The van der Waals surface area contributed by atoms with Gasteiger partial charge in [0.25, 0.3) is 0 Å². The number of nitrogens with two attached hydrogens (primary N) is 1. The molecule has 1 unspecified atom stereocenters. The van der Waals surface area contributed by atoms with Crippen LogP contribution >= 0.6 is 0 Å². The number of piperidine rings is 3. The Morgan fingerprint density at radius 2 is 1.50 bits per heavy atom. The maximum absolute atomic E-state index is 12.6. The number of carbonyl (C=O) groups is 2. The van der Waals surface area contributed by atoms with E-state index in [1.165, 1.54) is 0 Å². The van der Waals surface area contributed by atoms with Gasteiger partial charge in [-0.1, -0.05) is 24.3 Å². The summed E-state index contributed by atoms with van der Waals surface area (Å²) in [5.41, 5.74) is 8.62. The highest BCUT2D eigenvalue weighted by Crippen LogP contribution is 2.33. The summed E-state index contributed by atoms with van der Waals surface area (Å²) in [6.07, 6.45) is 2.27. The lowest BCUT2D eigenvalue weighted by Crippen LogP contribution is -2.51. The molecule has 134 valence electrons. The Labute approximate surface area is 153 Å². The molecule has 0 spiro atoms. The highest BCUT2D eigenvalue weighted by atomic mass is 16.2. The summed E-state index contributed by atoms with van der Waals surface area (Å²) in [4.78, 5) is 26.2. The second-order valence-electron chi connectivity index (χ2n) is 7.25. The average Bonchev–Trinajstić information content (AvgIpc) is 2.69. The Kier molecular flexibility index (Phi) is 4.47. The van der Waals surface area contributed by atoms with Gasteiger partial charge in [0, 0.05) is 17.8 Å². The number of nitrogens with one attached hydrogen (secondary N) is 1. The zero-order chi connectivity index (χ0) is 18.1. The van der Waals surface area contributed by atoms with Crippen LogP contribution in [0.1, 0.15) is 23.2 Å². The fourth-order valence-corrected chi connectivity index (χ4v) is 4.07. The molecule has 2 aromatic carbocycles. The SMILES string of the molecule is NC(=O)c1ccc(-c2ccc(NC(=O)C3CN4CCC3CC4)cc2)cc1. The van der Waals surface area contributed by atoms with E-state index in [2.05, 4.69) is 10.2 Å². The smallest absolute Gasteiger partial charge is 0.248 e. The summed E-state index contributed by atoms with van der Waals surface area (Å²) in [5.74, 6) is 0.349. The van der Waals surface area contributed by atoms with Crippen molar-refractivity contribution in [3.63, 3.8) is 0 Å². The lowest BCUT2D eigenvalue weighted by Gasteiger charge is -2.43. The van der Waals surface area contributed by atoms with E-state index >= 15 is 0 Å².